The van der Waals surface area contributed by atoms with E-state index in [4.69, 9.17) is 0 Å². The zero-order valence-corrected chi connectivity index (χ0v) is 15.7. The topological polar surface area (TPSA) is 83.0 Å². The third-order valence-corrected chi connectivity index (χ3v) is 4.71. The van der Waals surface area contributed by atoms with Crippen LogP contribution in [0.5, 0.6) is 0 Å². The first-order chi connectivity index (χ1) is 8.24. The summed E-state index contributed by atoms with van der Waals surface area (Å²) >= 11 is 8.91. The standard InChI is InChI=1S/2C4H11O3PS.Cu/c2*1-3-6-8(5,9)7-4-2;/h2*3-4H2,1-2H3,(H,5,9);/q;;+2/p-2. The van der Waals surface area contributed by atoms with E-state index in [9.17, 15) is 9.79 Å². The van der Waals surface area contributed by atoms with Crippen LogP contribution in [0.25, 0.3) is 0 Å². The third kappa shape index (κ3) is 19.6. The van der Waals surface area contributed by atoms with Gasteiger partial charge >= 0.3 is 17.1 Å². The van der Waals surface area contributed by atoms with Crippen LogP contribution in [0.3, 0.4) is 0 Å². The Morgan fingerprint density at radius 1 is 0.684 bits per heavy atom. The van der Waals surface area contributed by atoms with Gasteiger partial charge in [0, 0.05) is 0 Å². The van der Waals surface area contributed by atoms with E-state index >= 15 is 0 Å². The van der Waals surface area contributed by atoms with Crippen molar-refractivity contribution in [3.63, 3.8) is 0 Å². The zero-order chi connectivity index (χ0) is 14.7. The molecule has 0 heterocycles. The van der Waals surface area contributed by atoms with Crippen LogP contribution in [0.2, 0.25) is 0 Å². The molecule has 0 aliphatic rings. The molecule has 11 heteroatoms. The van der Waals surface area contributed by atoms with Crippen LogP contribution in [0.4, 0.5) is 0 Å². The van der Waals surface area contributed by atoms with E-state index in [0.29, 0.717) is 26.4 Å². The Morgan fingerprint density at radius 3 is 0.947 bits per heavy atom. The summed E-state index contributed by atoms with van der Waals surface area (Å²) in [5.74, 6) is 0. The van der Waals surface area contributed by atoms with Crippen molar-refractivity contribution in [3.8, 4) is 0 Å². The Hall–Kier alpha value is 1.58. The predicted molar refractivity (Wildman–Crippen MR) is 75.1 cm³/mol. The molecule has 0 aromatic carbocycles. The molecule has 0 amide bonds. The second kappa shape index (κ2) is 14.5. The SMILES string of the molecule is CCOP([O-])(=S)OCC.CCOP([O-])(=S)OCC.[Cu+2]. The molecule has 0 saturated heterocycles. The van der Waals surface area contributed by atoms with Crippen LogP contribution >= 0.6 is 13.4 Å². The van der Waals surface area contributed by atoms with Gasteiger partial charge in [-0.25, -0.2) is 0 Å². The minimum Gasteiger partial charge on any atom is -0.780 e. The maximum absolute atomic E-state index is 10.8. The molecule has 0 unspecified atom stereocenters. The van der Waals surface area contributed by atoms with E-state index in [0.717, 1.165) is 0 Å². The minimum absolute atomic E-state index is 0. The van der Waals surface area contributed by atoms with Gasteiger partial charge in [0.1, 0.15) is 13.4 Å². The molecule has 19 heavy (non-hydrogen) atoms. The zero-order valence-electron chi connectivity index (χ0n) is 11.3. The summed E-state index contributed by atoms with van der Waals surface area (Å²) in [6.45, 7) is 2.00. The van der Waals surface area contributed by atoms with Crippen LogP contribution in [0.1, 0.15) is 27.7 Å². The first-order valence-corrected chi connectivity index (χ1v) is 10.6. The largest absolute Gasteiger partial charge is 2.00 e. The van der Waals surface area contributed by atoms with Crippen molar-refractivity contribution in [2.45, 2.75) is 27.7 Å². The van der Waals surface area contributed by atoms with Gasteiger partial charge in [0.15, 0.2) is 0 Å². The summed E-state index contributed by atoms with van der Waals surface area (Å²) in [7, 11) is 0. The van der Waals surface area contributed by atoms with Gasteiger partial charge < -0.3 is 27.9 Å². The molecule has 0 aromatic heterocycles. The average Bonchev–Trinajstić information content (AvgIpc) is 2.17. The summed E-state index contributed by atoms with van der Waals surface area (Å²) in [5.41, 5.74) is 0. The number of hydrogen-bond acceptors (Lipinski definition) is 8. The molecule has 0 fully saturated rings. The Bertz CT molecular complexity index is 246. The molecule has 0 aromatic rings. The van der Waals surface area contributed by atoms with Crippen LogP contribution in [0.15, 0.2) is 0 Å². The molecule has 6 nitrogen and oxygen atoms in total. The molecule has 0 saturated carbocycles. The fourth-order valence-corrected chi connectivity index (χ4v) is 3.39. The summed E-state index contributed by atoms with van der Waals surface area (Å²) in [5, 5.41) is 0. The number of hydrogen-bond donors (Lipinski definition) is 0. The van der Waals surface area contributed by atoms with E-state index in [2.05, 4.69) is 41.7 Å². The van der Waals surface area contributed by atoms with Gasteiger partial charge in [-0.1, -0.05) is 23.6 Å². The van der Waals surface area contributed by atoms with E-state index in [1.165, 1.54) is 0 Å². The number of rotatable bonds is 8. The van der Waals surface area contributed by atoms with Crippen molar-refractivity contribution in [2.24, 2.45) is 0 Å². The molecule has 1 radical (unpaired) electrons. The van der Waals surface area contributed by atoms with E-state index < -0.39 is 13.4 Å². The molecule has 0 spiro atoms. The summed E-state index contributed by atoms with van der Waals surface area (Å²) in [6.07, 6.45) is 0. The molecule has 0 N–H and O–H groups in total. The minimum atomic E-state index is -3.11. The van der Waals surface area contributed by atoms with Crippen LogP contribution < -0.4 is 9.79 Å². The van der Waals surface area contributed by atoms with Crippen LogP contribution in [0, 0.1) is 0 Å². The van der Waals surface area contributed by atoms with Crippen molar-refractivity contribution >= 4 is 37.1 Å². The molecule has 0 atom stereocenters. The van der Waals surface area contributed by atoms with Gasteiger partial charge in [0.2, 0.25) is 0 Å². The third-order valence-electron chi connectivity index (χ3n) is 1.15. The molecule has 0 rings (SSSR count). The maximum atomic E-state index is 10.8. The second-order valence-corrected chi connectivity index (χ2v) is 8.07. The van der Waals surface area contributed by atoms with E-state index in [1.807, 2.05) is 0 Å². The Labute approximate surface area is 136 Å². The summed E-state index contributed by atoms with van der Waals surface area (Å²) in [4.78, 5) is 21.6. The Morgan fingerprint density at radius 2 is 0.842 bits per heavy atom. The molecular weight excluding hydrogens is 382 g/mol. The fourth-order valence-electron chi connectivity index (χ4n) is 0.707. The van der Waals surface area contributed by atoms with Gasteiger partial charge in [-0.15, -0.1) is 0 Å². The van der Waals surface area contributed by atoms with Crippen molar-refractivity contribution < 1.29 is 45.0 Å². The second-order valence-electron chi connectivity index (χ2n) is 2.57. The van der Waals surface area contributed by atoms with E-state index in [1.54, 1.807) is 27.7 Å². The summed E-state index contributed by atoms with van der Waals surface area (Å²) in [6, 6.07) is 0. The first-order valence-electron chi connectivity index (χ1n) is 5.44. The van der Waals surface area contributed by atoms with Gasteiger partial charge in [-0.2, -0.15) is 0 Å². The predicted octanol–water partition coefficient (Wildman–Crippen LogP) is 1.29. The van der Waals surface area contributed by atoms with Gasteiger partial charge in [-0.05, 0) is 27.7 Å². The van der Waals surface area contributed by atoms with Crippen LogP contribution in [-0.2, 0) is 58.8 Å². The van der Waals surface area contributed by atoms with Gasteiger partial charge in [0.25, 0.3) is 0 Å². The van der Waals surface area contributed by atoms with Crippen molar-refractivity contribution in [2.75, 3.05) is 26.4 Å². The molecule has 0 aliphatic heterocycles. The molecule has 0 aliphatic carbocycles. The molecule has 121 valence electrons. The van der Waals surface area contributed by atoms with Crippen molar-refractivity contribution in [3.05, 3.63) is 0 Å². The smallest absolute Gasteiger partial charge is 0.780 e. The monoisotopic (exact) mass is 401 g/mol. The van der Waals surface area contributed by atoms with Crippen molar-refractivity contribution in [1.29, 1.82) is 0 Å². The average molecular weight is 402 g/mol. The molecular formula is C8H20CuO6P2S2. The first kappa shape index (κ1) is 25.5. The Balaban J connectivity index is -0.000000256. The van der Waals surface area contributed by atoms with Crippen LogP contribution in [-0.4, -0.2) is 26.4 Å². The van der Waals surface area contributed by atoms with Gasteiger partial charge in [-0.3, -0.25) is 0 Å². The maximum Gasteiger partial charge on any atom is 2.00 e. The molecule has 0 bridgehead atoms. The van der Waals surface area contributed by atoms with Gasteiger partial charge in [0.05, 0.1) is 26.4 Å². The normalized spacial score (nSPS) is 11.3. The summed E-state index contributed by atoms with van der Waals surface area (Å²) < 4.78 is 18.5. The Kier molecular flexibility index (Phi) is 19.5. The van der Waals surface area contributed by atoms with Crippen molar-refractivity contribution in [1.82, 2.24) is 0 Å². The van der Waals surface area contributed by atoms with E-state index in [-0.39, 0.29) is 17.1 Å². The quantitative estimate of drug-likeness (QED) is 0.444. The fraction of sp³-hybridized carbons (Fsp3) is 1.00.